The van der Waals surface area contributed by atoms with Gasteiger partial charge >= 0.3 is 0 Å². The number of nitrogens with one attached hydrogen (secondary N) is 2. The number of nitrogens with zero attached hydrogens (tertiary/aromatic N) is 2. The first kappa shape index (κ1) is 24.1. The third-order valence-electron chi connectivity index (χ3n) is 6.96. The predicted octanol–water partition coefficient (Wildman–Crippen LogP) is 3.43. The number of fused-ring (bicyclic) bond motifs is 2. The fraction of sp³-hybridized carbons (Fsp3) is 0.207. The standard InChI is InChI=1S/C29H28N4O4/c1-18-27(23-10-6-7-11-24(23)32(18)2)28-21-8-4-5-9-22(21)29(36)33(28)17-26(35)31-30-25(34)16-19-12-14-20(37-3)15-13-19/h4-15,28H,16-17H2,1-3H3,(H,30,34)(H,31,35). The minimum Gasteiger partial charge on any atom is -0.497 e. The van der Waals surface area contributed by atoms with Crippen LogP contribution in [0.5, 0.6) is 5.75 Å². The molecule has 1 aromatic heterocycles. The van der Waals surface area contributed by atoms with Crippen LogP contribution >= 0.6 is 0 Å². The minimum absolute atomic E-state index is 0.0934. The average Bonchev–Trinajstić information content (AvgIpc) is 3.33. The number of benzene rings is 3. The van der Waals surface area contributed by atoms with Crippen molar-refractivity contribution in [3.05, 3.63) is 101 Å². The quantitative estimate of drug-likeness (QED) is 0.400. The largest absolute Gasteiger partial charge is 0.497 e. The highest BCUT2D eigenvalue weighted by Gasteiger charge is 2.40. The number of ether oxygens (including phenoxy) is 1. The smallest absolute Gasteiger partial charge is 0.258 e. The summed E-state index contributed by atoms with van der Waals surface area (Å²) >= 11 is 0. The van der Waals surface area contributed by atoms with E-state index in [1.54, 1.807) is 42.3 Å². The van der Waals surface area contributed by atoms with Gasteiger partial charge in [-0.25, -0.2) is 0 Å². The van der Waals surface area contributed by atoms with Crippen LogP contribution in [0, 0.1) is 6.92 Å². The summed E-state index contributed by atoms with van der Waals surface area (Å²) in [4.78, 5) is 40.3. The zero-order valence-corrected chi connectivity index (χ0v) is 20.9. The SMILES string of the molecule is COc1ccc(CC(=O)NNC(=O)CN2C(=O)c3ccccc3C2c2c(C)n(C)c3ccccc23)cc1. The Morgan fingerprint density at radius 1 is 0.919 bits per heavy atom. The molecule has 8 nitrogen and oxygen atoms in total. The van der Waals surface area contributed by atoms with E-state index in [2.05, 4.69) is 15.4 Å². The molecule has 0 spiro atoms. The molecule has 1 unspecified atom stereocenters. The Morgan fingerprint density at radius 2 is 1.59 bits per heavy atom. The van der Waals surface area contributed by atoms with Gasteiger partial charge in [0.25, 0.3) is 11.8 Å². The molecule has 5 rings (SSSR count). The fourth-order valence-electron chi connectivity index (χ4n) is 5.05. The van der Waals surface area contributed by atoms with Gasteiger partial charge in [-0.3, -0.25) is 25.2 Å². The molecule has 0 saturated carbocycles. The van der Waals surface area contributed by atoms with Crippen LogP contribution in [0.25, 0.3) is 10.9 Å². The number of hydrazine groups is 1. The Kier molecular flexibility index (Phi) is 6.40. The molecule has 0 fully saturated rings. The summed E-state index contributed by atoms with van der Waals surface area (Å²) in [5, 5.41) is 1.04. The molecule has 3 aromatic carbocycles. The maximum atomic E-state index is 13.4. The van der Waals surface area contributed by atoms with E-state index < -0.39 is 11.9 Å². The van der Waals surface area contributed by atoms with Gasteiger partial charge in [-0.05, 0) is 42.3 Å². The van der Waals surface area contributed by atoms with Crippen molar-refractivity contribution < 1.29 is 19.1 Å². The number of amides is 3. The highest BCUT2D eigenvalue weighted by Crippen LogP contribution is 2.43. The Labute approximate surface area is 214 Å². The van der Waals surface area contributed by atoms with E-state index in [-0.39, 0.29) is 24.8 Å². The lowest BCUT2D eigenvalue weighted by Crippen LogP contribution is -2.47. The van der Waals surface area contributed by atoms with E-state index >= 15 is 0 Å². The van der Waals surface area contributed by atoms with E-state index in [1.807, 2.05) is 56.4 Å². The van der Waals surface area contributed by atoms with E-state index in [4.69, 9.17) is 4.74 Å². The normalized spacial score (nSPS) is 14.5. The van der Waals surface area contributed by atoms with Crippen molar-refractivity contribution in [1.29, 1.82) is 0 Å². The summed E-state index contributed by atoms with van der Waals surface area (Å²) in [5.74, 6) is -0.361. The van der Waals surface area contributed by atoms with Gasteiger partial charge in [0.2, 0.25) is 5.91 Å². The number of hydrogen-bond donors (Lipinski definition) is 2. The highest BCUT2D eigenvalue weighted by molar-refractivity contribution is 6.03. The van der Waals surface area contributed by atoms with Crippen LogP contribution in [-0.4, -0.2) is 40.8 Å². The second kappa shape index (κ2) is 9.81. The van der Waals surface area contributed by atoms with Crippen LogP contribution in [0.2, 0.25) is 0 Å². The first-order valence-corrected chi connectivity index (χ1v) is 12.0. The minimum atomic E-state index is -0.480. The zero-order valence-electron chi connectivity index (χ0n) is 20.9. The van der Waals surface area contributed by atoms with Crippen molar-refractivity contribution in [2.45, 2.75) is 19.4 Å². The molecule has 37 heavy (non-hydrogen) atoms. The Bertz CT molecular complexity index is 1510. The summed E-state index contributed by atoms with van der Waals surface area (Å²) < 4.78 is 7.24. The molecular weight excluding hydrogens is 468 g/mol. The Hall–Kier alpha value is -4.59. The van der Waals surface area contributed by atoms with Crippen molar-refractivity contribution in [3.63, 3.8) is 0 Å². The molecule has 3 amide bonds. The van der Waals surface area contributed by atoms with Crippen molar-refractivity contribution in [1.82, 2.24) is 20.3 Å². The summed E-state index contributed by atoms with van der Waals surface area (Å²) in [5.41, 5.74) is 10.2. The zero-order chi connectivity index (χ0) is 26.1. The third kappa shape index (κ3) is 4.42. The monoisotopic (exact) mass is 496 g/mol. The van der Waals surface area contributed by atoms with Crippen molar-refractivity contribution >= 4 is 28.6 Å². The van der Waals surface area contributed by atoms with E-state index in [9.17, 15) is 14.4 Å². The number of para-hydroxylation sites is 1. The van der Waals surface area contributed by atoms with Crippen LogP contribution in [0.15, 0.2) is 72.8 Å². The van der Waals surface area contributed by atoms with Gasteiger partial charge in [0.1, 0.15) is 12.3 Å². The highest BCUT2D eigenvalue weighted by atomic mass is 16.5. The van der Waals surface area contributed by atoms with Crippen LogP contribution in [0.3, 0.4) is 0 Å². The molecule has 0 aliphatic carbocycles. The molecule has 2 heterocycles. The van der Waals surface area contributed by atoms with Crippen LogP contribution in [0.1, 0.15) is 38.8 Å². The number of hydrogen-bond acceptors (Lipinski definition) is 4. The second-order valence-corrected chi connectivity index (χ2v) is 9.12. The van der Waals surface area contributed by atoms with Gasteiger partial charge in [-0.2, -0.15) is 0 Å². The number of carbonyl (C=O) groups is 3. The third-order valence-corrected chi connectivity index (χ3v) is 6.96. The lowest BCUT2D eigenvalue weighted by Gasteiger charge is -2.26. The van der Waals surface area contributed by atoms with Crippen molar-refractivity contribution in [2.24, 2.45) is 7.05 Å². The molecule has 0 radical (unpaired) electrons. The lowest BCUT2D eigenvalue weighted by molar-refractivity contribution is -0.129. The lowest BCUT2D eigenvalue weighted by atomic mass is 9.95. The number of methoxy groups -OCH3 is 1. The maximum absolute atomic E-state index is 13.4. The molecule has 4 aromatic rings. The van der Waals surface area contributed by atoms with E-state index in [1.165, 1.54) is 0 Å². The van der Waals surface area contributed by atoms with Crippen molar-refractivity contribution in [3.8, 4) is 5.75 Å². The number of carbonyl (C=O) groups excluding carboxylic acids is 3. The van der Waals surface area contributed by atoms with E-state index in [0.717, 1.165) is 33.3 Å². The molecule has 8 heteroatoms. The van der Waals surface area contributed by atoms with Gasteiger partial charge < -0.3 is 14.2 Å². The molecule has 188 valence electrons. The molecule has 1 aliphatic heterocycles. The van der Waals surface area contributed by atoms with Gasteiger partial charge in [0.15, 0.2) is 0 Å². The molecule has 1 atom stereocenters. The average molecular weight is 497 g/mol. The van der Waals surface area contributed by atoms with Gasteiger partial charge in [-0.1, -0.05) is 48.5 Å². The predicted molar refractivity (Wildman–Crippen MR) is 140 cm³/mol. The first-order chi connectivity index (χ1) is 17.9. The Balaban J connectivity index is 1.36. The molecule has 2 N–H and O–H groups in total. The van der Waals surface area contributed by atoms with E-state index in [0.29, 0.717) is 11.3 Å². The molecular formula is C29H28N4O4. The Morgan fingerprint density at radius 3 is 2.35 bits per heavy atom. The summed E-state index contributed by atoms with van der Waals surface area (Å²) in [7, 11) is 3.58. The number of aryl methyl sites for hydroxylation is 1. The molecule has 0 saturated heterocycles. The first-order valence-electron chi connectivity index (χ1n) is 12.0. The van der Waals surface area contributed by atoms with Crippen molar-refractivity contribution in [2.75, 3.05) is 13.7 Å². The van der Waals surface area contributed by atoms with Crippen LogP contribution < -0.4 is 15.6 Å². The number of rotatable bonds is 6. The van der Waals surface area contributed by atoms with Gasteiger partial charge in [0, 0.05) is 34.8 Å². The van der Waals surface area contributed by atoms with Gasteiger partial charge in [-0.15, -0.1) is 0 Å². The molecule has 1 aliphatic rings. The summed E-state index contributed by atoms with van der Waals surface area (Å²) in [6.07, 6.45) is 0.0934. The van der Waals surface area contributed by atoms with Crippen LogP contribution in [0.4, 0.5) is 0 Å². The van der Waals surface area contributed by atoms with Gasteiger partial charge in [0.05, 0.1) is 19.6 Å². The summed E-state index contributed by atoms with van der Waals surface area (Å²) in [6.45, 7) is 1.82. The second-order valence-electron chi connectivity index (χ2n) is 9.12. The van der Waals surface area contributed by atoms with Crippen LogP contribution in [-0.2, 0) is 23.1 Å². The molecule has 0 bridgehead atoms. The summed E-state index contributed by atoms with van der Waals surface area (Å²) in [6, 6.07) is 22.2. The topological polar surface area (TPSA) is 92.7 Å². The fourth-order valence-corrected chi connectivity index (χ4v) is 5.05. The maximum Gasteiger partial charge on any atom is 0.258 e. The number of aromatic nitrogens is 1.